The van der Waals surface area contributed by atoms with Crippen molar-refractivity contribution in [2.45, 2.75) is 19.8 Å². The number of anilines is 1. The number of unbranched alkanes of at least 4 members (excludes halogenated alkanes) is 1. The topological polar surface area (TPSA) is 62.7 Å². The number of hydrogen-bond donors (Lipinski definition) is 2. The lowest BCUT2D eigenvalue weighted by Crippen LogP contribution is -2.37. The second-order valence-electron chi connectivity index (χ2n) is 4.88. The molecular weight excluding hydrogens is 266 g/mol. The minimum absolute atomic E-state index is 0.391. The van der Waals surface area contributed by atoms with E-state index in [0.717, 1.165) is 35.0 Å². The summed E-state index contributed by atoms with van der Waals surface area (Å²) in [7, 11) is 0. The van der Waals surface area contributed by atoms with Crippen molar-refractivity contribution in [3.63, 3.8) is 0 Å². The van der Waals surface area contributed by atoms with E-state index >= 15 is 0 Å². The predicted octanol–water partition coefficient (Wildman–Crippen LogP) is 3.78. The summed E-state index contributed by atoms with van der Waals surface area (Å²) in [6.45, 7) is 2.47. The lowest BCUT2D eigenvalue weighted by atomic mass is 10.1. The van der Waals surface area contributed by atoms with E-state index in [9.17, 15) is 4.79 Å². The summed E-state index contributed by atoms with van der Waals surface area (Å²) in [5.41, 5.74) is 1.77. The maximum Gasteiger partial charge on any atom is 0.413 e. The van der Waals surface area contributed by atoms with Gasteiger partial charge in [-0.1, -0.05) is 37.6 Å². The number of alkyl carbamates (subject to hydrolysis) is 1. The zero-order chi connectivity index (χ0) is 14.7. The molecule has 0 fully saturated rings. The normalized spacial score (nSPS) is 12.5. The number of nitrogens with zero attached hydrogens (tertiary/aromatic N) is 1. The van der Waals surface area contributed by atoms with Crippen LogP contribution in [0.2, 0.25) is 0 Å². The molecule has 2 N–H and O–H groups in total. The molecule has 5 heteroatoms. The minimum Gasteiger partial charge on any atom is -0.449 e. The molecule has 1 aliphatic rings. The van der Waals surface area contributed by atoms with Gasteiger partial charge in [0, 0.05) is 5.39 Å². The maximum atomic E-state index is 11.7. The smallest absolute Gasteiger partial charge is 0.413 e. The number of aliphatic imine (C=N–C) groups is 1. The average molecular weight is 283 g/mol. The Morgan fingerprint density at radius 3 is 2.90 bits per heavy atom. The van der Waals surface area contributed by atoms with Crippen molar-refractivity contribution in [1.29, 1.82) is 0 Å². The highest BCUT2D eigenvalue weighted by Gasteiger charge is 2.16. The highest BCUT2D eigenvalue weighted by molar-refractivity contribution is 6.15. The first kappa shape index (κ1) is 13.4. The van der Waals surface area contributed by atoms with Crippen LogP contribution in [0.1, 0.15) is 19.8 Å². The Labute approximate surface area is 123 Å². The average Bonchev–Trinajstić information content (AvgIpc) is 2.48. The number of ether oxygens (including phenoxy) is 1. The van der Waals surface area contributed by atoms with Crippen molar-refractivity contribution >= 4 is 34.2 Å². The molecule has 0 aliphatic carbocycles. The van der Waals surface area contributed by atoms with E-state index in [2.05, 4.69) is 15.6 Å². The zero-order valence-electron chi connectivity index (χ0n) is 11.8. The molecule has 1 amide bonds. The summed E-state index contributed by atoms with van der Waals surface area (Å²) < 4.78 is 5.08. The molecule has 1 aliphatic heterocycles. The maximum absolute atomic E-state index is 11.7. The molecule has 108 valence electrons. The van der Waals surface area contributed by atoms with Crippen LogP contribution in [0.3, 0.4) is 0 Å². The predicted molar refractivity (Wildman–Crippen MR) is 84.1 cm³/mol. The van der Waals surface area contributed by atoms with E-state index in [4.69, 9.17) is 4.74 Å². The van der Waals surface area contributed by atoms with Crippen molar-refractivity contribution in [2.75, 3.05) is 11.9 Å². The van der Waals surface area contributed by atoms with Crippen LogP contribution in [0.5, 0.6) is 0 Å². The summed E-state index contributed by atoms with van der Waals surface area (Å²) in [6.07, 6.45) is 1.36. The number of nitrogens with one attached hydrogen (secondary N) is 2. The fraction of sp³-hybridized carbons (Fsp3) is 0.250. The van der Waals surface area contributed by atoms with Gasteiger partial charge < -0.3 is 10.1 Å². The van der Waals surface area contributed by atoms with Crippen LogP contribution in [0, 0.1) is 0 Å². The number of amides is 1. The molecule has 1 heterocycles. The van der Waals surface area contributed by atoms with Gasteiger partial charge in [0.2, 0.25) is 5.96 Å². The Hall–Kier alpha value is -2.56. The van der Waals surface area contributed by atoms with Crippen molar-refractivity contribution in [1.82, 2.24) is 5.32 Å². The molecule has 0 bridgehead atoms. The van der Waals surface area contributed by atoms with Crippen LogP contribution < -0.4 is 10.6 Å². The van der Waals surface area contributed by atoms with Crippen LogP contribution in [0.15, 0.2) is 41.4 Å². The molecule has 5 nitrogen and oxygen atoms in total. The van der Waals surface area contributed by atoms with Gasteiger partial charge in [-0.25, -0.2) is 9.79 Å². The fourth-order valence-electron chi connectivity index (χ4n) is 2.30. The summed E-state index contributed by atoms with van der Waals surface area (Å²) >= 11 is 0. The Morgan fingerprint density at radius 1 is 1.29 bits per heavy atom. The Morgan fingerprint density at radius 2 is 2.10 bits per heavy atom. The van der Waals surface area contributed by atoms with E-state index in [1.54, 1.807) is 0 Å². The first-order valence-corrected chi connectivity index (χ1v) is 7.09. The van der Waals surface area contributed by atoms with E-state index < -0.39 is 6.09 Å². The van der Waals surface area contributed by atoms with Crippen molar-refractivity contribution in [3.8, 4) is 0 Å². The standard InChI is InChI=1S/C16H17N3O2/c1-2-3-10-21-16(20)19-15-17-12-8-4-6-11-7-5-9-13(18-15)14(11)12/h4-9H,2-3,10H2,1H3,(H2,17,18,19,20). The highest BCUT2D eigenvalue weighted by atomic mass is 16.5. The minimum atomic E-state index is -0.485. The monoisotopic (exact) mass is 283 g/mol. The molecule has 2 aromatic carbocycles. The Balaban J connectivity index is 1.79. The quantitative estimate of drug-likeness (QED) is 0.843. The molecule has 0 atom stereocenters. The van der Waals surface area contributed by atoms with Crippen LogP contribution in [0.4, 0.5) is 16.2 Å². The fourth-order valence-corrected chi connectivity index (χ4v) is 2.30. The summed E-state index contributed by atoms with van der Waals surface area (Å²) in [4.78, 5) is 16.1. The molecule has 21 heavy (non-hydrogen) atoms. The van der Waals surface area contributed by atoms with E-state index in [1.807, 2.05) is 43.3 Å². The third-order valence-corrected chi connectivity index (χ3v) is 3.32. The van der Waals surface area contributed by atoms with Gasteiger partial charge in [0.1, 0.15) is 0 Å². The van der Waals surface area contributed by atoms with Gasteiger partial charge >= 0.3 is 6.09 Å². The molecule has 3 rings (SSSR count). The molecule has 0 spiro atoms. The highest BCUT2D eigenvalue weighted by Crippen LogP contribution is 2.35. The summed E-state index contributed by atoms with van der Waals surface area (Å²) in [5, 5.41) is 7.94. The lowest BCUT2D eigenvalue weighted by Gasteiger charge is -2.18. The van der Waals surface area contributed by atoms with Crippen LogP contribution in [-0.4, -0.2) is 18.7 Å². The van der Waals surface area contributed by atoms with Crippen molar-refractivity contribution in [3.05, 3.63) is 36.4 Å². The number of carbonyl (C=O) groups excluding carboxylic acids is 1. The third-order valence-electron chi connectivity index (χ3n) is 3.32. The molecule has 0 unspecified atom stereocenters. The largest absolute Gasteiger partial charge is 0.449 e. The van der Waals surface area contributed by atoms with Gasteiger partial charge in [0.25, 0.3) is 0 Å². The Bertz CT molecular complexity index is 704. The zero-order valence-corrected chi connectivity index (χ0v) is 11.8. The number of carbonyl (C=O) groups is 1. The molecule has 0 saturated carbocycles. The second-order valence-corrected chi connectivity index (χ2v) is 4.88. The van der Waals surface area contributed by atoms with Crippen molar-refractivity contribution < 1.29 is 9.53 Å². The van der Waals surface area contributed by atoms with E-state index in [-0.39, 0.29) is 0 Å². The van der Waals surface area contributed by atoms with Crippen LogP contribution >= 0.6 is 0 Å². The first-order chi connectivity index (χ1) is 10.3. The molecule has 2 aromatic rings. The number of rotatable bonds is 3. The van der Waals surface area contributed by atoms with E-state index in [1.165, 1.54) is 0 Å². The molecule has 0 aromatic heterocycles. The SMILES string of the molecule is CCCCOC(=O)NC1=Nc2cccc3cccc(c23)N1. The first-order valence-electron chi connectivity index (χ1n) is 7.09. The molecule has 0 radical (unpaired) electrons. The molecule has 0 saturated heterocycles. The summed E-state index contributed by atoms with van der Waals surface area (Å²) in [5.74, 6) is 0.391. The van der Waals surface area contributed by atoms with Gasteiger partial charge in [-0.3, -0.25) is 5.32 Å². The summed E-state index contributed by atoms with van der Waals surface area (Å²) in [6, 6.07) is 11.9. The number of hydrogen-bond acceptors (Lipinski definition) is 4. The van der Waals surface area contributed by atoms with Gasteiger partial charge in [-0.2, -0.15) is 0 Å². The van der Waals surface area contributed by atoms with Crippen molar-refractivity contribution in [2.24, 2.45) is 4.99 Å². The van der Waals surface area contributed by atoms with Gasteiger partial charge in [-0.15, -0.1) is 0 Å². The second kappa shape index (κ2) is 5.83. The van der Waals surface area contributed by atoms with Gasteiger partial charge in [0.05, 0.1) is 18.0 Å². The number of benzene rings is 2. The molecular formula is C16H17N3O2. The van der Waals surface area contributed by atoms with Gasteiger partial charge in [0.15, 0.2) is 0 Å². The van der Waals surface area contributed by atoms with Crippen LogP contribution in [0.25, 0.3) is 10.8 Å². The number of guanidine groups is 1. The van der Waals surface area contributed by atoms with Gasteiger partial charge in [-0.05, 0) is 23.9 Å². The Kier molecular flexibility index (Phi) is 3.73. The van der Waals surface area contributed by atoms with Crippen LogP contribution in [-0.2, 0) is 4.74 Å². The van der Waals surface area contributed by atoms with E-state index in [0.29, 0.717) is 12.6 Å². The third kappa shape index (κ3) is 2.81. The lowest BCUT2D eigenvalue weighted by molar-refractivity contribution is 0.150.